The fourth-order valence-electron chi connectivity index (χ4n) is 1.39. The van der Waals surface area contributed by atoms with Crippen LogP contribution in [0.3, 0.4) is 0 Å². The topological polar surface area (TPSA) is 52.6 Å². The van der Waals surface area contributed by atoms with E-state index in [1.54, 1.807) is 0 Å². The maximum atomic E-state index is 11.7. The second-order valence-corrected chi connectivity index (χ2v) is 6.43. The zero-order valence-corrected chi connectivity index (χ0v) is 12.1. The quantitative estimate of drug-likeness (QED) is 0.245. The molecule has 0 unspecified atom stereocenters. The Morgan fingerprint density at radius 3 is 1.71 bits per heavy atom. The first-order chi connectivity index (χ1) is 7.84. The minimum absolute atomic E-state index is 0.0474. The number of hydrogen-bond donors (Lipinski definition) is 0. The number of carbonyl (C=O) groups is 2. The minimum atomic E-state index is -0.619. The Labute approximate surface area is 106 Å². The van der Waals surface area contributed by atoms with Crippen molar-refractivity contribution in [2.75, 3.05) is 32.5 Å². The van der Waals surface area contributed by atoms with Crippen LogP contribution in [0.5, 0.6) is 0 Å². The maximum Gasteiger partial charge on any atom is 0.345 e. The van der Waals surface area contributed by atoms with Crippen molar-refractivity contribution in [1.29, 1.82) is 0 Å². The largest absolute Gasteiger partial charge is 0.465 e. The van der Waals surface area contributed by atoms with Crippen molar-refractivity contribution < 1.29 is 19.1 Å². The molecule has 0 aromatic heterocycles. The lowest BCUT2D eigenvalue weighted by Gasteiger charge is -2.14. The smallest absolute Gasteiger partial charge is 0.345 e. The third kappa shape index (κ3) is 4.81. The third-order valence-corrected chi connectivity index (χ3v) is 3.13. The third-order valence-electron chi connectivity index (χ3n) is 2.24. The summed E-state index contributed by atoms with van der Waals surface area (Å²) < 4.78 is 9.31. The molecule has 0 aliphatic rings. The van der Waals surface area contributed by atoms with Crippen LogP contribution in [0.25, 0.3) is 0 Å². The van der Waals surface area contributed by atoms with Crippen molar-refractivity contribution >= 4 is 22.8 Å². The lowest BCUT2D eigenvalue weighted by atomic mass is 9.99. The number of hydrogen-bond acceptors (Lipinski definition) is 4. The summed E-state index contributed by atoms with van der Waals surface area (Å²) >= 11 is 0. The zero-order valence-electron chi connectivity index (χ0n) is 11.3. The van der Waals surface area contributed by atoms with E-state index in [0.29, 0.717) is 5.75 Å². The monoisotopic (exact) mass is 261 g/mol. The van der Waals surface area contributed by atoms with E-state index >= 15 is 0 Å². The predicted molar refractivity (Wildman–Crippen MR) is 70.0 cm³/mol. The number of methoxy groups -OCH3 is 2. The van der Waals surface area contributed by atoms with Gasteiger partial charge in [0.2, 0.25) is 0 Å². The molecule has 0 aliphatic heterocycles. The van der Waals surface area contributed by atoms with Gasteiger partial charge in [0.1, 0.15) is 11.3 Å². The molecule has 0 aromatic carbocycles. The standard InChI is InChI=1S/C12H21O4S/c1-8(2)9(7-17(5)6)10(11(13)15-3)12(14)16-4/h8H,7H2,1-6H3/q+1. The molecule has 0 radical (unpaired) electrons. The summed E-state index contributed by atoms with van der Waals surface area (Å²) in [7, 11) is 2.63. The van der Waals surface area contributed by atoms with Gasteiger partial charge in [0.25, 0.3) is 0 Å². The van der Waals surface area contributed by atoms with Crippen molar-refractivity contribution in [1.82, 2.24) is 0 Å². The van der Waals surface area contributed by atoms with Crippen molar-refractivity contribution in [2.45, 2.75) is 13.8 Å². The minimum Gasteiger partial charge on any atom is -0.465 e. The lowest BCUT2D eigenvalue weighted by molar-refractivity contribution is -0.144. The number of esters is 2. The summed E-state index contributed by atoms with van der Waals surface area (Å²) in [4.78, 5) is 23.3. The highest BCUT2D eigenvalue weighted by Crippen LogP contribution is 2.19. The van der Waals surface area contributed by atoms with E-state index in [9.17, 15) is 9.59 Å². The molecule has 0 atom stereocenters. The number of carbonyl (C=O) groups excluding carboxylic acids is 2. The van der Waals surface area contributed by atoms with Crippen LogP contribution in [-0.4, -0.2) is 44.4 Å². The zero-order chi connectivity index (χ0) is 13.6. The highest BCUT2D eigenvalue weighted by Gasteiger charge is 2.28. The number of ether oxygens (including phenoxy) is 2. The van der Waals surface area contributed by atoms with Gasteiger partial charge in [0.05, 0.1) is 26.7 Å². The van der Waals surface area contributed by atoms with Crippen molar-refractivity contribution in [2.24, 2.45) is 5.92 Å². The van der Waals surface area contributed by atoms with Crippen LogP contribution in [-0.2, 0) is 30.0 Å². The Balaban J connectivity index is 5.55. The van der Waals surface area contributed by atoms with Gasteiger partial charge in [-0.25, -0.2) is 9.59 Å². The molecule has 0 saturated carbocycles. The predicted octanol–water partition coefficient (Wildman–Crippen LogP) is 1.16. The van der Waals surface area contributed by atoms with Gasteiger partial charge in [-0.15, -0.1) is 0 Å². The van der Waals surface area contributed by atoms with Crippen LogP contribution in [0.1, 0.15) is 13.8 Å². The Morgan fingerprint density at radius 1 is 1.06 bits per heavy atom. The molecule has 0 amide bonds. The van der Waals surface area contributed by atoms with E-state index < -0.39 is 11.9 Å². The average molecular weight is 261 g/mol. The van der Waals surface area contributed by atoms with Crippen molar-refractivity contribution in [3.63, 3.8) is 0 Å². The lowest BCUT2D eigenvalue weighted by Crippen LogP contribution is -2.23. The van der Waals surface area contributed by atoms with E-state index in [2.05, 4.69) is 22.0 Å². The van der Waals surface area contributed by atoms with Gasteiger partial charge in [-0.05, 0) is 16.8 Å². The van der Waals surface area contributed by atoms with E-state index in [0.717, 1.165) is 5.57 Å². The van der Waals surface area contributed by atoms with Crippen molar-refractivity contribution in [3.05, 3.63) is 11.1 Å². The molecule has 0 N–H and O–H groups in total. The molecule has 0 rings (SSSR count). The van der Waals surface area contributed by atoms with E-state index in [1.165, 1.54) is 14.2 Å². The summed E-state index contributed by atoms with van der Waals surface area (Å²) in [6.07, 6.45) is 4.13. The van der Waals surface area contributed by atoms with Gasteiger partial charge >= 0.3 is 11.9 Å². The molecule has 0 fully saturated rings. The molecule has 0 bridgehead atoms. The molecule has 17 heavy (non-hydrogen) atoms. The van der Waals surface area contributed by atoms with Gasteiger partial charge in [0.15, 0.2) is 0 Å². The summed E-state index contributed by atoms with van der Waals surface area (Å²) in [6, 6.07) is 0. The molecule has 0 heterocycles. The fraction of sp³-hybridized carbons (Fsp3) is 0.667. The van der Waals surface area contributed by atoms with Crippen LogP contribution in [0.15, 0.2) is 11.1 Å². The van der Waals surface area contributed by atoms with Gasteiger partial charge in [-0.1, -0.05) is 13.8 Å². The van der Waals surface area contributed by atoms with Crippen LogP contribution in [0, 0.1) is 5.92 Å². The van der Waals surface area contributed by atoms with Gasteiger partial charge < -0.3 is 9.47 Å². The van der Waals surface area contributed by atoms with E-state index in [-0.39, 0.29) is 22.4 Å². The molecule has 98 valence electrons. The van der Waals surface area contributed by atoms with Crippen LogP contribution in [0.4, 0.5) is 0 Å². The molecule has 5 heteroatoms. The summed E-state index contributed by atoms with van der Waals surface area (Å²) in [5.74, 6) is -0.424. The molecular weight excluding hydrogens is 240 g/mol. The van der Waals surface area contributed by atoms with Gasteiger partial charge in [0, 0.05) is 5.57 Å². The molecule has 0 spiro atoms. The molecule has 0 saturated heterocycles. The first-order valence-corrected chi connectivity index (χ1v) is 7.50. The molecular formula is C12H21O4S+. The maximum absolute atomic E-state index is 11.7. The second kappa shape index (κ2) is 7.37. The highest BCUT2D eigenvalue weighted by molar-refractivity contribution is 7.95. The first-order valence-electron chi connectivity index (χ1n) is 5.29. The Bertz CT molecular complexity index is 300. The SMILES string of the molecule is COC(=O)C(C(=O)OC)=C(C[S+](C)C)C(C)C. The Kier molecular flexibility index (Phi) is 6.95. The van der Waals surface area contributed by atoms with Crippen LogP contribution >= 0.6 is 0 Å². The van der Waals surface area contributed by atoms with Gasteiger partial charge in [-0.2, -0.15) is 0 Å². The van der Waals surface area contributed by atoms with Crippen molar-refractivity contribution in [3.8, 4) is 0 Å². The van der Waals surface area contributed by atoms with Gasteiger partial charge in [-0.3, -0.25) is 0 Å². The molecule has 4 nitrogen and oxygen atoms in total. The van der Waals surface area contributed by atoms with E-state index in [4.69, 9.17) is 0 Å². The number of rotatable bonds is 5. The Hall–Kier alpha value is -0.970. The normalized spacial score (nSPS) is 10.4. The average Bonchev–Trinajstić information content (AvgIpc) is 2.26. The molecule has 0 aliphatic carbocycles. The summed E-state index contributed by atoms with van der Waals surface area (Å²) in [5.41, 5.74) is 0.850. The first kappa shape index (κ1) is 16.0. The summed E-state index contributed by atoms with van der Waals surface area (Å²) in [6.45, 7) is 3.90. The fourth-order valence-corrected chi connectivity index (χ4v) is 2.49. The highest BCUT2D eigenvalue weighted by atomic mass is 32.2. The van der Waals surface area contributed by atoms with Crippen LogP contribution < -0.4 is 0 Å². The van der Waals surface area contributed by atoms with E-state index in [1.807, 2.05) is 13.8 Å². The summed E-state index contributed by atoms with van der Waals surface area (Å²) in [5, 5.41) is 0. The van der Waals surface area contributed by atoms with Crippen LogP contribution in [0.2, 0.25) is 0 Å². The Morgan fingerprint density at radius 2 is 1.47 bits per heavy atom. The molecule has 0 aromatic rings. The second-order valence-electron chi connectivity index (χ2n) is 4.17.